The van der Waals surface area contributed by atoms with Crippen molar-refractivity contribution in [1.82, 2.24) is 14.5 Å². The van der Waals surface area contributed by atoms with Gasteiger partial charge in [0.15, 0.2) is 5.78 Å². The Labute approximate surface area is 153 Å². The molecule has 2 aromatic heterocycles. The Morgan fingerprint density at radius 2 is 2.15 bits per heavy atom. The molecule has 0 aromatic carbocycles. The van der Waals surface area contributed by atoms with E-state index < -0.39 is 0 Å². The number of carbonyl (C=O) groups is 1. The first-order valence-corrected chi connectivity index (χ1v) is 9.02. The lowest BCUT2D eigenvalue weighted by Crippen LogP contribution is -2.13. The third kappa shape index (κ3) is 3.15. The number of rotatable bonds is 5. The highest BCUT2D eigenvalue weighted by atomic mass is 16.1. The van der Waals surface area contributed by atoms with E-state index in [1.165, 1.54) is 24.0 Å². The number of ketones is 1. The molecule has 0 N–H and O–H groups in total. The van der Waals surface area contributed by atoms with E-state index in [1.807, 2.05) is 18.3 Å². The molecule has 2 aromatic rings. The molecule has 3 heterocycles. The smallest absolute Gasteiger partial charge is 0.163 e. The zero-order valence-corrected chi connectivity index (χ0v) is 15.3. The normalized spacial score (nSPS) is 17.8. The van der Waals surface area contributed by atoms with E-state index in [1.54, 1.807) is 13.1 Å². The Morgan fingerprint density at radius 3 is 2.88 bits per heavy atom. The van der Waals surface area contributed by atoms with E-state index in [4.69, 9.17) is 0 Å². The van der Waals surface area contributed by atoms with Gasteiger partial charge in [0.25, 0.3) is 0 Å². The van der Waals surface area contributed by atoms with Crippen LogP contribution in [0.2, 0.25) is 0 Å². The van der Waals surface area contributed by atoms with Crippen LogP contribution in [0.25, 0.3) is 11.0 Å². The van der Waals surface area contributed by atoms with Gasteiger partial charge in [-0.1, -0.05) is 12.7 Å². The highest BCUT2D eigenvalue weighted by Crippen LogP contribution is 2.39. The van der Waals surface area contributed by atoms with Crippen LogP contribution in [0.5, 0.6) is 0 Å². The van der Waals surface area contributed by atoms with Gasteiger partial charge in [-0.05, 0) is 62.0 Å². The van der Waals surface area contributed by atoms with Crippen molar-refractivity contribution in [2.45, 2.75) is 33.2 Å². The fourth-order valence-corrected chi connectivity index (χ4v) is 3.40. The topological polar surface area (TPSA) is 38.1 Å². The average molecular weight is 345 g/mol. The summed E-state index contributed by atoms with van der Waals surface area (Å²) in [5.41, 5.74) is 5.97. The van der Waals surface area contributed by atoms with Gasteiger partial charge in [0.2, 0.25) is 0 Å². The number of fused-ring (bicyclic) bond motifs is 1. The molecule has 1 aliphatic heterocycles. The minimum Gasteiger partial charge on any atom is -0.341 e. The molecule has 0 spiro atoms. The second-order valence-corrected chi connectivity index (χ2v) is 7.21. The number of allylic oxidation sites excluding steroid dienone is 4. The number of hydrogen-bond donors (Lipinski definition) is 0. The SMILES string of the molecule is C=C1C=CC(C2CC2)=CN1/C=C(\C)Cn1cc(C(C)=O)c2ncccc21. The van der Waals surface area contributed by atoms with Crippen molar-refractivity contribution in [3.8, 4) is 0 Å². The van der Waals surface area contributed by atoms with Crippen molar-refractivity contribution in [2.75, 3.05) is 0 Å². The first-order valence-electron chi connectivity index (χ1n) is 9.02. The molecule has 0 bridgehead atoms. The monoisotopic (exact) mass is 345 g/mol. The summed E-state index contributed by atoms with van der Waals surface area (Å²) in [5, 5.41) is 0. The lowest BCUT2D eigenvalue weighted by Gasteiger charge is -2.22. The van der Waals surface area contributed by atoms with Gasteiger partial charge in [0.05, 0.1) is 16.6 Å². The molecule has 0 saturated heterocycles. The summed E-state index contributed by atoms with van der Waals surface area (Å²) >= 11 is 0. The molecule has 0 radical (unpaired) electrons. The molecule has 4 heteroatoms. The maximum atomic E-state index is 11.9. The standard InChI is InChI=1S/C22H23N3O/c1-15(11-24-13-19(18-8-9-18)7-6-16(24)2)12-25-14-20(17(3)26)22-21(25)5-4-10-23-22/h4-7,10-11,13-14,18H,2,8-9,12H2,1,3H3/b15-11+. The molecule has 1 aliphatic carbocycles. The summed E-state index contributed by atoms with van der Waals surface area (Å²) in [5.74, 6) is 0.758. The molecule has 1 saturated carbocycles. The van der Waals surface area contributed by atoms with Crippen LogP contribution in [0.1, 0.15) is 37.0 Å². The van der Waals surface area contributed by atoms with Gasteiger partial charge < -0.3 is 9.47 Å². The molecule has 2 aliphatic rings. The number of Topliss-reactive ketones (excluding diaryl/α,β-unsaturated/α-hetero) is 1. The Kier molecular flexibility index (Phi) is 4.11. The van der Waals surface area contributed by atoms with E-state index >= 15 is 0 Å². The summed E-state index contributed by atoms with van der Waals surface area (Å²) in [7, 11) is 0. The van der Waals surface area contributed by atoms with E-state index in [9.17, 15) is 4.79 Å². The van der Waals surface area contributed by atoms with Crippen LogP contribution in [0.15, 0.2) is 72.5 Å². The average Bonchev–Trinajstić information content (AvgIpc) is 3.40. The number of pyridine rings is 1. The predicted molar refractivity (Wildman–Crippen MR) is 104 cm³/mol. The first kappa shape index (κ1) is 16.6. The fraction of sp³-hybridized carbons (Fsp3) is 0.273. The van der Waals surface area contributed by atoms with E-state index in [-0.39, 0.29) is 5.78 Å². The van der Waals surface area contributed by atoms with E-state index in [0.717, 1.165) is 16.7 Å². The third-order valence-electron chi connectivity index (χ3n) is 4.93. The summed E-state index contributed by atoms with van der Waals surface area (Å²) < 4.78 is 2.10. The maximum Gasteiger partial charge on any atom is 0.163 e. The van der Waals surface area contributed by atoms with Crippen molar-refractivity contribution in [1.29, 1.82) is 0 Å². The van der Waals surface area contributed by atoms with Crippen LogP contribution in [-0.4, -0.2) is 20.2 Å². The fourth-order valence-electron chi connectivity index (χ4n) is 3.40. The molecule has 0 unspecified atom stereocenters. The molecule has 26 heavy (non-hydrogen) atoms. The Bertz CT molecular complexity index is 986. The molecule has 1 fully saturated rings. The van der Waals surface area contributed by atoms with Crippen LogP contribution in [0.4, 0.5) is 0 Å². The number of aromatic nitrogens is 2. The maximum absolute atomic E-state index is 11.9. The van der Waals surface area contributed by atoms with Crippen molar-refractivity contribution in [2.24, 2.45) is 5.92 Å². The molecular formula is C22H23N3O. The van der Waals surface area contributed by atoms with Crippen molar-refractivity contribution >= 4 is 16.8 Å². The number of carbonyl (C=O) groups excluding carboxylic acids is 1. The molecule has 0 atom stereocenters. The van der Waals surface area contributed by atoms with Crippen molar-refractivity contribution in [3.63, 3.8) is 0 Å². The summed E-state index contributed by atoms with van der Waals surface area (Å²) in [6.07, 6.45) is 14.8. The minimum absolute atomic E-state index is 0.0423. The van der Waals surface area contributed by atoms with Crippen molar-refractivity contribution < 1.29 is 4.79 Å². The molecule has 0 amide bonds. The lowest BCUT2D eigenvalue weighted by molar-refractivity contribution is 0.101. The lowest BCUT2D eigenvalue weighted by atomic mass is 10.1. The van der Waals surface area contributed by atoms with Gasteiger partial charge in [0, 0.05) is 37.0 Å². The van der Waals surface area contributed by atoms with Crippen LogP contribution in [0, 0.1) is 5.92 Å². The van der Waals surface area contributed by atoms with Gasteiger partial charge in [-0.3, -0.25) is 9.78 Å². The Balaban J connectivity index is 1.62. The van der Waals surface area contributed by atoms with Crippen LogP contribution in [0.3, 0.4) is 0 Å². The largest absolute Gasteiger partial charge is 0.341 e. The Hall–Kier alpha value is -2.88. The number of hydrogen-bond acceptors (Lipinski definition) is 3. The van der Waals surface area contributed by atoms with Gasteiger partial charge in [0.1, 0.15) is 0 Å². The molecular weight excluding hydrogens is 322 g/mol. The van der Waals surface area contributed by atoms with Gasteiger partial charge >= 0.3 is 0 Å². The zero-order valence-electron chi connectivity index (χ0n) is 15.3. The van der Waals surface area contributed by atoms with Crippen LogP contribution in [-0.2, 0) is 6.54 Å². The molecule has 132 valence electrons. The van der Waals surface area contributed by atoms with Crippen LogP contribution < -0.4 is 0 Å². The van der Waals surface area contributed by atoms with E-state index in [2.05, 4.69) is 52.5 Å². The second kappa shape index (κ2) is 6.45. The summed E-state index contributed by atoms with van der Waals surface area (Å²) in [4.78, 5) is 18.4. The predicted octanol–water partition coefficient (Wildman–Crippen LogP) is 4.82. The first-order chi connectivity index (χ1) is 12.5. The highest BCUT2D eigenvalue weighted by Gasteiger charge is 2.26. The van der Waals surface area contributed by atoms with Crippen molar-refractivity contribution in [3.05, 3.63) is 78.1 Å². The van der Waals surface area contributed by atoms with Gasteiger partial charge in [-0.15, -0.1) is 0 Å². The summed E-state index contributed by atoms with van der Waals surface area (Å²) in [6.45, 7) is 8.53. The zero-order chi connectivity index (χ0) is 18.3. The molecule has 4 nitrogen and oxygen atoms in total. The highest BCUT2D eigenvalue weighted by molar-refractivity contribution is 6.05. The second-order valence-electron chi connectivity index (χ2n) is 7.21. The van der Waals surface area contributed by atoms with Gasteiger partial charge in [-0.2, -0.15) is 0 Å². The third-order valence-corrected chi connectivity index (χ3v) is 4.93. The Morgan fingerprint density at radius 1 is 1.35 bits per heavy atom. The minimum atomic E-state index is 0.0423. The van der Waals surface area contributed by atoms with E-state index in [0.29, 0.717) is 18.0 Å². The summed E-state index contributed by atoms with van der Waals surface area (Å²) in [6, 6.07) is 3.92. The van der Waals surface area contributed by atoms with Gasteiger partial charge in [-0.25, -0.2) is 0 Å². The molecule has 4 rings (SSSR count). The quantitative estimate of drug-likeness (QED) is 0.729. The number of nitrogens with zero attached hydrogens (tertiary/aromatic N) is 3. The van der Waals surface area contributed by atoms with Crippen LogP contribution >= 0.6 is 0 Å².